The fraction of sp³-hybridized carbons (Fsp3) is 0.167. The van der Waals surface area contributed by atoms with Gasteiger partial charge in [-0.25, -0.2) is 0 Å². The summed E-state index contributed by atoms with van der Waals surface area (Å²) in [4.78, 5) is 0. The van der Waals surface area contributed by atoms with E-state index in [2.05, 4.69) is 12.0 Å². The van der Waals surface area contributed by atoms with E-state index in [9.17, 15) is 5.11 Å². The van der Waals surface area contributed by atoms with Crippen LogP contribution in [0.1, 0.15) is 12.5 Å². The van der Waals surface area contributed by atoms with Crippen LogP contribution in [0.15, 0.2) is 54.6 Å². The van der Waals surface area contributed by atoms with Gasteiger partial charge in [0.05, 0.1) is 11.3 Å². The van der Waals surface area contributed by atoms with Crippen molar-refractivity contribution < 1.29 is 5.11 Å². The first kappa shape index (κ1) is 13.4. The molecule has 1 N–H and O–H groups in total. The summed E-state index contributed by atoms with van der Waals surface area (Å²) in [5.74, 6) is 0.0829. The number of aromatic hydroxyl groups is 1. The third-order valence-electron chi connectivity index (χ3n) is 3.62. The molecular weight excluding hydrogens is 260 g/mol. The summed E-state index contributed by atoms with van der Waals surface area (Å²) in [5.41, 5.74) is 4.99. The molecule has 106 valence electrons. The Morgan fingerprint density at radius 1 is 0.952 bits per heavy atom. The van der Waals surface area contributed by atoms with Gasteiger partial charge in [-0.05, 0) is 19.4 Å². The summed E-state index contributed by atoms with van der Waals surface area (Å²) in [6.45, 7) is 4.79. The highest BCUT2D eigenvalue weighted by molar-refractivity contribution is 5.84. The van der Waals surface area contributed by atoms with E-state index >= 15 is 0 Å². The lowest BCUT2D eigenvalue weighted by molar-refractivity contribution is 0.441. The molecule has 21 heavy (non-hydrogen) atoms. The van der Waals surface area contributed by atoms with Crippen LogP contribution in [0.3, 0.4) is 0 Å². The van der Waals surface area contributed by atoms with Gasteiger partial charge < -0.3 is 5.11 Å². The molecule has 0 saturated carbocycles. The summed E-state index contributed by atoms with van der Waals surface area (Å²) >= 11 is 0. The minimum atomic E-state index is 0.0829. The number of hydrogen-bond acceptors (Lipinski definition) is 2. The smallest absolute Gasteiger partial charge is 0.238 e. The van der Waals surface area contributed by atoms with Crippen molar-refractivity contribution in [2.24, 2.45) is 0 Å². The number of aromatic nitrogens is 2. The summed E-state index contributed by atoms with van der Waals surface area (Å²) < 4.78 is 1.85. The molecule has 0 unspecified atom stereocenters. The SMILES string of the molecule is CCn1nc(O)c(-c2ccc(C)cc2)c1-c1ccccc1. The van der Waals surface area contributed by atoms with Crippen molar-refractivity contribution in [3.05, 3.63) is 60.2 Å². The van der Waals surface area contributed by atoms with E-state index in [4.69, 9.17) is 0 Å². The van der Waals surface area contributed by atoms with E-state index in [1.54, 1.807) is 0 Å². The summed E-state index contributed by atoms with van der Waals surface area (Å²) in [7, 11) is 0. The van der Waals surface area contributed by atoms with Gasteiger partial charge in [-0.2, -0.15) is 0 Å². The van der Waals surface area contributed by atoms with E-state index in [1.807, 2.05) is 66.2 Å². The lowest BCUT2D eigenvalue weighted by Gasteiger charge is -2.08. The molecule has 3 rings (SSSR count). The monoisotopic (exact) mass is 278 g/mol. The molecule has 0 aliphatic carbocycles. The zero-order valence-electron chi connectivity index (χ0n) is 12.2. The lowest BCUT2D eigenvalue weighted by Crippen LogP contribution is -1.99. The Labute approximate surface area is 124 Å². The van der Waals surface area contributed by atoms with Crippen molar-refractivity contribution in [1.29, 1.82) is 0 Å². The van der Waals surface area contributed by atoms with Gasteiger partial charge in [0, 0.05) is 12.1 Å². The largest absolute Gasteiger partial charge is 0.492 e. The zero-order valence-corrected chi connectivity index (χ0v) is 12.2. The van der Waals surface area contributed by atoms with Crippen molar-refractivity contribution in [3.8, 4) is 28.3 Å². The van der Waals surface area contributed by atoms with Crippen LogP contribution in [0.25, 0.3) is 22.4 Å². The van der Waals surface area contributed by atoms with Gasteiger partial charge in [0.1, 0.15) is 0 Å². The maximum Gasteiger partial charge on any atom is 0.238 e. The van der Waals surface area contributed by atoms with Gasteiger partial charge in [0.2, 0.25) is 5.88 Å². The fourth-order valence-corrected chi connectivity index (χ4v) is 2.55. The highest BCUT2D eigenvalue weighted by Crippen LogP contribution is 2.38. The molecule has 0 saturated heterocycles. The van der Waals surface area contributed by atoms with Crippen molar-refractivity contribution >= 4 is 0 Å². The minimum Gasteiger partial charge on any atom is -0.492 e. The first-order valence-corrected chi connectivity index (χ1v) is 7.13. The van der Waals surface area contributed by atoms with Crippen LogP contribution < -0.4 is 0 Å². The summed E-state index contributed by atoms with van der Waals surface area (Å²) in [6.07, 6.45) is 0. The van der Waals surface area contributed by atoms with Gasteiger partial charge in [-0.1, -0.05) is 60.2 Å². The average Bonchev–Trinajstić information content (AvgIpc) is 2.85. The minimum absolute atomic E-state index is 0.0829. The number of aryl methyl sites for hydroxylation is 2. The third kappa shape index (κ3) is 2.42. The molecule has 0 aliphatic rings. The van der Waals surface area contributed by atoms with Crippen molar-refractivity contribution in [1.82, 2.24) is 9.78 Å². The van der Waals surface area contributed by atoms with Gasteiger partial charge in [-0.3, -0.25) is 4.68 Å². The molecule has 0 spiro atoms. The summed E-state index contributed by atoms with van der Waals surface area (Å²) in [5, 5.41) is 14.6. The second-order valence-electron chi connectivity index (χ2n) is 5.10. The standard InChI is InChI=1S/C18H18N2O/c1-3-20-17(15-7-5-4-6-8-15)16(18(21)19-20)14-11-9-13(2)10-12-14/h4-12H,3H2,1-2H3,(H,19,21). The first-order valence-electron chi connectivity index (χ1n) is 7.13. The molecule has 1 heterocycles. The molecule has 3 nitrogen and oxygen atoms in total. The molecule has 0 radical (unpaired) electrons. The zero-order chi connectivity index (χ0) is 14.8. The maximum atomic E-state index is 10.3. The van der Waals surface area contributed by atoms with Crippen molar-refractivity contribution in [3.63, 3.8) is 0 Å². The van der Waals surface area contributed by atoms with Gasteiger partial charge in [-0.15, -0.1) is 5.10 Å². The normalized spacial score (nSPS) is 10.8. The number of benzene rings is 2. The first-order chi connectivity index (χ1) is 10.2. The molecule has 1 aromatic heterocycles. The molecule has 0 aliphatic heterocycles. The van der Waals surface area contributed by atoms with Crippen LogP contribution >= 0.6 is 0 Å². The fourth-order valence-electron chi connectivity index (χ4n) is 2.55. The van der Waals surface area contributed by atoms with Crippen LogP contribution in [0.2, 0.25) is 0 Å². The lowest BCUT2D eigenvalue weighted by atomic mass is 10.00. The topological polar surface area (TPSA) is 38.0 Å². The van der Waals surface area contributed by atoms with E-state index in [0.717, 1.165) is 22.4 Å². The predicted octanol–water partition coefficient (Wildman–Crippen LogP) is 4.25. The molecule has 0 amide bonds. The Morgan fingerprint density at radius 2 is 1.62 bits per heavy atom. The quantitative estimate of drug-likeness (QED) is 0.777. The Bertz CT molecular complexity index is 743. The molecule has 3 aromatic rings. The summed E-state index contributed by atoms with van der Waals surface area (Å²) in [6, 6.07) is 18.2. The predicted molar refractivity (Wildman–Crippen MR) is 85.2 cm³/mol. The van der Waals surface area contributed by atoms with E-state index in [-0.39, 0.29) is 5.88 Å². The molecule has 3 heteroatoms. The van der Waals surface area contributed by atoms with E-state index in [0.29, 0.717) is 6.54 Å². The molecule has 0 fully saturated rings. The van der Waals surface area contributed by atoms with Crippen molar-refractivity contribution in [2.75, 3.05) is 0 Å². The number of rotatable bonds is 3. The highest BCUT2D eigenvalue weighted by Gasteiger charge is 2.19. The molecule has 0 bridgehead atoms. The van der Waals surface area contributed by atoms with E-state index < -0.39 is 0 Å². The van der Waals surface area contributed by atoms with Crippen LogP contribution in [-0.4, -0.2) is 14.9 Å². The van der Waals surface area contributed by atoms with Gasteiger partial charge in [0.15, 0.2) is 0 Å². The van der Waals surface area contributed by atoms with Gasteiger partial charge >= 0.3 is 0 Å². The second kappa shape index (κ2) is 5.44. The Hall–Kier alpha value is -2.55. The number of nitrogens with zero attached hydrogens (tertiary/aromatic N) is 2. The Balaban J connectivity index is 2.25. The maximum absolute atomic E-state index is 10.3. The Morgan fingerprint density at radius 3 is 2.24 bits per heavy atom. The van der Waals surface area contributed by atoms with E-state index in [1.165, 1.54) is 5.56 Å². The Kier molecular flexibility index (Phi) is 3.48. The molecular formula is C18H18N2O. The third-order valence-corrected chi connectivity index (χ3v) is 3.62. The number of hydrogen-bond donors (Lipinski definition) is 1. The van der Waals surface area contributed by atoms with Crippen LogP contribution in [-0.2, 0) is 6.54 Å². The van der Waals surface area contributed by atoms with Crippen molar-refractivity contribution in [2.45, 2.75) is 20.4 Å². The van der Waals surface area contributed by atoms with Crippen LogP contribution in [0.5, 0.6) is 5.88 Å². The van der Waals surface area contributed by atoms with Gasteiger partial charge in [0.25, 0.3) is 0 Å². The van der Waals surface area contributed by atoms with Crippen LogP contribution in [0.4, 0.5) is 0 Å². The molecule has 2 aromatic carbocycles. The average molecular weight is 278 g/mol. The highest BCUT2D eigenvalue weighted by atomic mass is 16.3. The molecule has 0 atom stereocenters. The van der Waals surface area contributed by atoms with Crippen LogP contribution in [0, 0.1) is 6.92 Å². The second-order valence-corrected chi connectivity index (χ2v) is 5.10.